The first-order chi connectivity index (χ1) is 15.6. The summed E-state index contributed by atoms with van der Waals surface area (Å²) in [6.45, 7) is 0.901. The molecule has 4 heteroatoms. The minimum absolute atomic E-state index is 0.0877. The van der Waals surface area contributed by atoms with Crippen molar-refractivity contribution in [2.45, 2.75) is 69.9 Å². The number of fused-ring (bicyclic) bond motifs is 1. The van der Waals surface area contributed by atoms with E-state index >= 15 is 0 Å². The third-order valence-corrected chi connectivity index (χ3v) is 7.36. The molecule has 2 atom stereocenters. The molecule has 1 aliphatic heterocycles. The van der Waals surface area contributed by atoms with E-state index in [-0.39, 0.29) is 17.9 Å². The van der Waals surface area contributed by atoms with E-state index in [1.165, 1.54) is 25.7 Å². The number of carbonyl (C=O) groups excluding carboxylic acids is 2. The zero-order valence-corrected chi connectivity index (χ0v) is 19.3. The van der Waals surface area contributed by atoms with Crippen molar-refractivity contribution in [2.75, 3.05) is 13.6 Å². The van der Waals surface area contributed by atoms with E-state index in [2.05, 4.69) is 29.2 Å². The van der Waals surface area contributed by atoms with Crippen LogP contribution in [0.3, 0.4) is 0 Å². The molecule has 170 valence electrons. The van der Waals surface area contributed by atoms with Gasteiger partial charge in [0.25, 0.3) is 0 Å². The molecule has 1 saturated carbocycles. The highest BCUT2D eigenvalue weighted by Gasteiger charge is 2.35. The van der Waals surface area contributed by atoms with Gasteiger partial charge in [0.1, 0.15) is 0 Å². The van der Waals surface area contributed by atoms with Crippen LogP contribution in [0.5, 0.6) is 0 Å². The lowest BCUT2D eigenvalue weighted by Crippen LogP contribution is -2.49. The first-order valence-electron chi connectivity index (χ1n) is 12.3. The molecule has 0 aromatic heterocycles. The summed E-state index contributed by atoms with van der Waals surface area (Å²) in [5.74, 6) is 1.04. The highest BCUT2D eigenvalue weighted by atomic mass is 16.2. The summed E-state index contributed by atoms with van der Waals surface area (Å²) in [5, 5.41) is 0. The van der Waals surface area contributed by atoms with Crippen LogP contribution in [0, 0.1) is 5.92 Å². The Hall–Kier alpha value is -2.62. The highest BCUT2D eigenvalue weighted by molar-refractivity contribution is 5.79. The highest BCUT2D eigenvalue weighted by Crippen LogP contribution is 2.35. The first kappa shape index (κ1) is 22.6. The maximum Gasteiger partial charge on any atom is 0.223 e. The molecule has 0 bridgehead atoms. The molecule has 32 heavy (non-hydrogen) atoms. The fraction of sp³-hybridized carbons (Fsp3) is 0.500. The Morgan fingerprint density at radius 1 is 0.875 bits per heavy atom. The number of likely N-dealkylation sites (tertiary alicyclic amines) is 1. The van der Waals surface area contributed by atoms with Crippen molar-refractivity contribution < 1.29 is 9.59 Å². The summed E-state index contributed by atoms with van der Waals surface area (Å²) in [4.78, 5) is 30.1. The third-order valence-electron chi connectivity index (χ3n) is 7.36. The quantitative estimate of drug-likeness (QED) is 0.572. The molecular weight excluding hydrogens is 396 g/mol. The molecule has 2 amide bonds. The van der Waals surface area contributed by atoms with Gasteiger partial charge in [-0.3, -0.25) is 9.59 Å². The largest absolute Gasteiger partial charge is 0.339 e. The fourth-order valence-electron chi connectivity index (χ4n) is 5.70. The fourth-order valence-corrected chi connectivity index (χ4v) is 5.70. The van der Waals surface area contributed by atoms with Crippen molar-refractivity contribution in [3.63, 3.8) is 0 Å². The summed E-state index contributed by atoms with van der Waals surface area (Å²) in [7, 11) is 1.88. The minimum Gasteiger partial charge on any atom is -0.339 e. The van der Waals surface area contributed by atoms with Crippen LogP contribution >= 0.6 is 0 Å². The summed E-state index contributed by atoms with van der Waals surface area (Å²) < 4.78 is 0. The maximum atomic E-state index is 13.1. The van der Waals surface area contributed by atoms with E-state index in [1.807, 2.05) is 48.3 Å². The van der Waals surface area contributed by atoms with Gasteiger partial charge < -0.3 is 9.80 Å². The number of carbonyl (C=O) groups is 2. The molecule has 2 aliphatic rings. The van der Waals surface area contributed by atoms with Crippen LogP contribution in [-0.2, 0) is 9.59 Å². The number of piperidine rings is 1. The van der Waals surface area contributed by atoms with Gasteiger partial charge in [-0.25, -0.2) is 0 Å². The normalized spacial score (nSPS) is 20.6. The predicted molar refractivity (Wildman–Crippen MR) is 128 cm³/mol. The van der Waals surface area contributed by atoms with E-state index in [1.54, 1.807) is 0 Å². The van der Waals surface area contributed by atoms with Gasteiger partial charge in [-0.1, -0.05) is 73.5 Å². The maximum absolute atomic E-state index is 13.1. The van der Waals surface area contributed by atoms with Crippen molar-refractivity contribution in [2.24, 2.45) is 5.92 Å². The summed E-state index contributed by atoms with van der Waals surface area (Å²) in [6.07, 6.45) is 8.90. The van der Waals surface area contributed by atoms with Gasteiger partial charge >= 0.3 is 0 Å². The topological polar surface area (TPSA) is 40.6 Å². The summed E-state index contributed by atoms with van der Waals surface area (Å²) >= 11 is 0. The van der Waals surface area contributed by atoms with Gasteiger partial charge in [0.15, 0.2) is 0 Å². The third kappa shape index (κ3) is 5.23. The molecular formula is C28H36N2O2. The molecule has 2 aromatic rings. The molecule has 4 rings (SSSR count). The van der Waals surface area contributed by atoms with Gasteiger partial charge in [0.2, 0.25) is 11.8 Å². The molecule has 1 aliphatic carbocycles. The standard InChI is InChI=1S/C28H36N2O2/c1-29(28(23-13-4-2-5-14-23)24-15-6-3-7-16-24)26(31)19-10-20-27(32)30-21-11-17-22-12-8-9-18-25(22)30/h2-7,13-16,22,25,28H,8-12,17-21H2,1H3. The van der Waals surface area contributed by atoms with Crippen molar-refractivity contribution >= 4 is 11.8 Å². The zero-order valence-electron chi connectivity index (χ0n) is 19.3. The number of hydrogen-bond acceptors (Lipinski definition) is 2. The van der Waals surface area contributed by atoms with Crippen molar-refractivity contribution in [3.05, 3.63) is 71.8 Å². The molecule has 0 N–H and O–H groups in total. The molecule has 2 fully saturated rings. The number of benzene rings is 2. The predicted octanol–water partition coefficient (Wildman–Crippen LogP) is 5.59. The number of hydrogen-bond donors (Lipinski definition) is 0. The number of nitrogens with zero attached hydrogens (tertiary/aromatic N) is 2. The van der Waals surface area contributed by atoms with Crippen LogP contribution in [0.4, 0.5) is 0 Å². The Labute approximate surface area is 192 Å². The van der Waals surface area contributed by atoms with E-state index in [4.69, 9.17) is 0 Å². The van der Waals surface area contributed by atoms with E-state index < -0.39 is 0 Å². The minimum atomic E-state index is -0.120. The molecule has 1 heterocycles. The molecule has 4 nitrogen and oxygen atoms in total. The monoisotopic (exact) mass is 432 g/mol. The zero-order chi connectivity index (χ0) is 22.3. The van der Waals surface area contributed by atoms with Crippen LogP contribution in [0.2, 0.25) is 0 Å². The SMILES string of the molecule is CN(C(=O)CCCC(=O)N1CCCC2CCCCC21)C(c1ccccc1)c1ccccc1. The first-order valence-corrected chi connectivity index (χ1v) is 12.3. The van der Waals surface area contributed by atoms with Crippen LogP contribution in [0.25, 0.3) is 0 Å². The van der Waals surface area contributed by atoms with Crippen LogP contribution < -0.4 is 0 Å². The molecule has 0 spiro atoms. The lowest BCUT2D eigenvalue weighted by atomic mass is 9.78. The van der Waals surface area contributed by atoms with Crippen LogP contribution in [-0.4, -0.2) is 41.2 Å². The molecule has 1 saturated heterocycles. The molecule has 2 aromatic carbocycles. The van der Waals surface area contributed by atoms with Gasteiger partial charge in [-0.05, 0) is 49.1 Å². The lowest BCUT2D eigenvalue weighted by Gasteiger charge is -2.44. The van der Waals surface area contributed by atoms with Gasteiger partial charge in [-0.2, -0.15) is 0 Å². The summed E-state index contributed by atoms with van der Waals surface area (Å²) in [5.41, 5.74) is 2.20. The van der Waals surface area contributed by atoms with Crippen LogP contribution in [0.15, 0.2) is 60.7 Å². The van der Waals surface area contributed by atoms with E-state index in [0.717, 1.165) is 30.5 Å². The Morgan fingerprint density at radius 3 is 2.12 bits per heavy atom. The Morgan fingerprint density at radius 2 is 1.47 bits per heavy atom. The molecule has 2 unspecified atom stereocenters. The van der Waals surface area contributed by atoms with Crippen molar-refractivity contribution in [1.82, 2.24) is 9.80 Å². The van der Waals surface area contributed by atoms with E-state index in [0.29, 0.717) is 31.2 Å². The average Bonchev–Trinajstić information content (AvgIpc) is 2.85. The Kier molecular flexibility index (Phi) is 7.62. The average molecular weight is 433 g/mol. The Bertz CT molecular complexity index is 841. The Balaban J connectivity index is 1.36. The molecule has 0 radical (unpaired) electrons. The summed E-state index contributed by atoms with van der Waals surface area (Å²) in [6, 6.07) is 20.7. The number of rotatable bonds is 7. The van der Waals surface area contributed by atoms with Gasteiger partial charge in [0, 0.05) is 32.5 Å². The lowest BCUT2D eigenvalue weighted by molar-refractivity contribution is -0.138. The van der Waals surface area contributed by atoms with Crippen molar-refractivity contribution in [3.8, 4) is 0 Å². The second kappa shape index (κ2) is 10.8. The number of amides is 2. The van der Waals surface area contributed by atoms with Gasteiger partial charge in [0.05, 0.1) is 6.04 Å². The van der Waals surface area contributed by atoms with Gasteiger partial charge in [-0.15, -0.1) is 0 Å². The second-order valence-corrected chi connectivity index (χ2v) is 9.42. The van der Waals surface area contributed by atoms with E-state index in [9.17, 15) is 9.59 Å². The van der Waals surface area contributed by atoms with Crippen LogP contribution in [0.1, 0.15) is 75.0 Å². The van der Waals surface area contributed by atoms with Crippen molar-refractivity contribution in [1.29, 1.82) is 0 Å². The second-order valence-electron chi connectivity index (χ2n) is 9.42. The smallest absolute Gasteiger partial charge is 0.223 e.